The van der Waals surface area contributed by atoms with Crippen molar-refractivity contribution in [2.45, 2.75) is 58.1 Å². The van der Waals surface area contributed by atoms with Gasteiger partial charge in [-0.1, -0.05) is 13.3 Å². The van der Waals surface area contributed by atoms with Gasteiger partial charge in [-0.3, -0.25) is 14.5 Å². The molecule has 1 saturated carbocycles. The first kappa shape index (κ1) is 22.6. The quantitative estimate of drug-likeness (QED) is 0.585. The van der Waals surface area contributed by atoms with Crippen LogP contribution in [0.5, 0.6) is 5.75 Å². The fourth-order valence-corrected chi connectivity index (χ4v) is 3.68. The summed E-state index contributed by atoms with van der Waals surface area (Å²) in [4.78, 5) is 27.6. The maximum absolute atomic E-state index is 11.8. The van der Waals surface area contributed by atoms with E-state index in [0.717, 1.165) is 36.9 Å². The first-order valence-corrected chi connectivity index (χ1v) is 10.7. The molecular formula is C22H30N4O5. The van der Waals surface area contributed by atoms with Crippen LogP contribution in [-0.2, 0) is 23.1 Å². The number of aromatic nitrogens is 3. The van der Waals surface area contributed by atoms with E-state index in [2.05, 4.69) is 15.4 Å². The Balaban J connectivity index is 1.61. The predicted octanol–water partition coefficient (Wildman–Crippen LogP) is 3.53. The van der Waals surface area contributed by atoms with Gasteiger partial charge in [0, 0.05) is 12.6 Å². The summed E-state index contributed by atoms with van der Waals surface area (Å²) < 4.78 is 12.8. The number of alkyl carbamates (subject to hydrolysis) is 1. The lowest BCUT2D eigenvalue weighted by atomic mass is 9.87. The van der Waals surface area contributed by atoms with Crippen LogP contribution in [0.15, 0.2) is 24.5 Å². The van der Waals surface area contributed by atoms with Crippen LogP contribution in [0.2, 0.25) is 0 Å². The minimum absolute atomic E-state index is 0.112. The molecule has 2 atom stereocenters. The Hall–Kier alpha value is -3.10. The SMILES string of the molecule is CCCCOC(=O)NCc1c(-c2ccc(O[C@H]3CCCC(C(=O)O)C3)cn2)cnn1C. The summed E-state index contributed by atoms with van der Waals surface area (Å²) in [5.74, 6) is -0.485. The molecule has 0 bridgehead atoms. The van der Waals surface area contributed by atoms with Crippen molar-refractivity contribution in [1.82, 2.24) is 20.1 Å². The Labute approximate surface area is 181 Å². The zero-order chi connectivity index (χ0) is 22.2. The third kappa shape index (κ3) is 6.19. The molecule has 2 aromatic heterocycles. The predicted molar refractivity (Wildman–Crippen MR) is 114 cm³/mol. The van der Waals surface area contributed by atoms with E-state index >= 15 is 0 Å². The van der Waals surface area contributed by atoms with E-state index in [1.54, 1.807) is 17.1 Å². The minimum atomic E-state index is -0.756. The second kappa shape index (κ2) is 10.8. The summed E-state index contributed by atoms with van der Waals surface area (Å²) in [7, 11) is 1.81. The van der Waals surface area contributed by atoms with Gasteiger partial charge < -0.3 is 19.9 Å². The number of hydrogen-bond donors (Lipinski definition) is 2. The standard InChI is InChI=1S/C22H30N4O5/c1-3-4-10-30-22(29)24-14-20-18(13-25-26(20)2)19-9-8-17(12-23-19)31-16-7-5-6-15(11-16)21(27)28/h8-9,12-13,15-16H,3-7,10-11,14H2,1-2H3,(H,24,29)(H,27,28)/t15?,16-/m0/s1. The second-order valence-electron chi connectivity index (χ2n) is 7.79. The molecule has 1 fully saturated rings. The Morgan fingerprint density at radius 3 is 2.84 bits per heavy atom. The number of rotatable bonds is 9. The Morgan fingerprint density at radius 1 is 1.29 bits per heavy atom. The molecule has 0 saturated heterocycles. The third-order valence-electron chi connectivity index (χ3n) is 5.48. The average Bonchev–Trinajstić information content (AvgIpc) is 3.13. The molecule has 2 aromatic rings. The van der Waals surface area contributed by atoms with Crippen molar-refractivity contribution in [3.63, 3.8) is 0 Å². The summed E-state index contributed by atoms with van der Waals surface area (Å²) in [6.45, 7) is 2.71. The molecule has 0 radical (unpaired) electrons. The van der Waals surface area contributed by atoms with Crippen LogP contribution in [0.1, 0.15) is 51.1 Å². The van der Waals surface area contributed by atoms with Gasteiger partial charge in [0.05, 0.1) is 49.0 Å². The highest BCUT2D eigenvalue weighted by atomic mass is 16.5. The Kier molecular flexibility index (Phi) is 7.86. The highest BCUT2D eigenvalue weighted by molar-refractivity contribution is 5.70. The number of carbonyl (C=O) groups is 2. The van der Waals surface area contributed by atoms with Crippen molar-refractivity contribution >= 4 is 12.1 Å². The second-order valence-corrected chi connectivity index (χ2v) is 7.79. The molecule has 0 spiro atoms. The summed E-state index contributed by atoms with van der Waals surface area (Å²) in [6, 6.07) is 3.67. The van der Waals surface area contributed by atoms with Crippen LogP contribution in [-0.4, -0.2) is 44.6 Å². The molecule has 0 aliphatic heterocycles. The first-order chi connectivity index (χ1) is 15.0. The molecule has 3 rings (SSSR count). The van der Waals surface area contributed by atoms with E-state index in [9.17, 15) is 14.7 Å². The number of nitrogens with zero attached hydrogens (tertiary/aromatic N) is 3. The molecule has 1 amide bonds. The number of nitrogens with one attached hydrogen (secondary N) is 1. The fraction of sp³-hybridized carbons (Fsp3) is 0.545. The van der Waals surface area contributed by atoms with Crippen molar-refractivity contribution < 1.29 is 24.2 Å². The molecule has 9 heteroatoms. The van der Waals surface area contributed by atoms with E-state index in [1.165, 1.54) is 0 Å². The van der Waals surface area contributed by atoms with Gasteiger partial charge in [0.25, 0.3) is 0 Å². The van der Waals surface area contributed by atoms with E-state index in [4.69, 9.17) is 9.47 Å². The van der Waals surface area contributed by atoms with Crippen molar-refractivity contribution in [3.8, 4) is 17.0 Å². The number of carboxylic acid groups (broad SMARTS) is 1. The van der Waals surface area contributed by atoms with Crippen molar-refractivity contribution in [3.05, 3.63) is 30.2 Å². The summed E-state index contributed by atoms with van der Waals surface area (Å²) in [5.41, 5.74) is 2.33. The van der Waals surface area contributed by atoms with Crippen LogP contribution < -0.4 is 10.1 Å². The molecule has 0 aromatic carbocycles. The van der Waals surface area contributed by atoms with Crippen LogP contribution >= 0.6 is 0 Å². The zero-order valence-corrected chi connectivity index (χ0v) is 18.0. The monoisotopic (exact) mass is 430 g/mol. The highest BCUT2D eigenvalue weighted by Gasteiger charge is 2.28. The number of ether oxygens (including phenoxy) is 2. The lowest BCUT2D eigenvalue weighted by Crippen LogP contribution is -2.29. The van der Waals surface area contributed by atoms with E-state index < -0.39 is 12.1 Å². The summed E-state index contributed by atoms with van der Waals surface area (Å²) >= 11 is 0. The number of unbranched alkanes of at least 4 members (excludes halogenated alkanes) is 1. The lowest BCUT2D eigenvalue weighted by molar-refractivity contribution is -0.143. The van der Waals surface area contributed by atoms with E-state index in [1.807, 2.05) is 26.1 Å². The van der Waals surface area contributed by atoms with Gasteiger partial charge in [0.2, 0.25) is 0 Å². The van der Waals surface area contributed by atoms with Crippen molar-refractivity contribution in [2.75, 3.05) is 6.61 Å². The smallest absolute Gasteiger partial charge is 0.407 e. The zero-order valence-electron chi connectivity index (χ0n) is 18.0. The van der Waals surface area contributed by atoms with Crippen molar-refractivity contribution in [1.29, 1.82) is 0 Å². The fourth-order valence-electron chi connectivity index (χ4n) is 3.68. The van der Waals surface area contributed by atoms with Gasteiger partial charge in [0.15, 0.2) is 0 Å². The van der Waals surface area contributed by atoms with Crippen LogP contribution in [0.25, 0.3) is 11.3 Å². The van der Waals surface area contributed by atoms with Gasteiger partial charge in [-0.25, -0.2) is 4.79 Å². The van der Waals surface area contributed by atoms with E-state index in [0.29, 0.717) is 30.9 Å². The number of carbonyl (C=O) groups excluding carboxylic acids is 1. The average molecular weight is 431 g/mol. The van der Waals surface area contributed by atoms with Gasteiger partial charge in [-0.15, -0.1) is 0 Å². The number of aliphatic carboxylic acids is 1. The Bertz CT molecular complexity index is 881. The number of aryl methyl sites for hydroxylation is 1. The Morgan fingerprint density at radius 2 is 2.13 bits per heavy atom. The van der Waals surface area contributed by atoms with Gasteiger partial charge >= 0.3 is 12.1 Å². The number of carboxylic acids is 1. The van der Waals surface area contributed by atoms with Crippen LogP contribution in [0.4, 0.5) is 4.79 Å². The van der Waals surface area contributed by atoms with Crippen LogP contribution in [0, 0.1) is 5.92 Å². The first-order valence-electron chi connectivity index (χ1n) is 10.7. The van der Waals surface area contributed by atoms with E-state index in [-0.39, 0.29) is 18.6 Å². The molecule has 1 unspecified atom stereocenters. The molecule has 168 valence electrons. The topological polar surface area (TPSA) is 116 Å². The number of hydrogen-bond acceptors (Lipinski definition) is 6. The van der Waals surface area contributed by atoms with Gasteiger partial charge in [-0.2, -0.15) is 5.10 Å². The molecule has 2 heterocycles. The lowest BCUT2D eigenvalue weighted by Gasteiger charge is -2.27. The molecule has 31 heavy (non-hydrogen) atoms. The molecule has 9 nitrogen and oxygen atoms in total. The molecule has 1 aliphatic rings. The van der Waals surface area contributed by atoms with Gasteiger partial charge in [0.1, 0.15) is 5.75 Å². The van der Waals surface area contributed by atoms with Crippen LogP contribution in [0.3, 0.4) is 0 Å². The maximum atomic E-state index is 11.8. The summed E-state index contributed by atoms with van der Waals surface area (Å²) in [5, 5.41) is 16.3. The third-order valence-corrected chi connectivity index (χ3v) is 5.48. The van der Waals surface area contributed by atoms with Crippen molar-refractivity contribution in [2.24, 2.45) is 13.0 Å². The molecular weight excluding hydrogens is 400 g/mol. The molecule has 2 N–H and O–H groups in total. The maximum Gasteiger partial charge on any atom is 0.407 e. The number of pyridine rings is 1. The normalized spacial score (nSPS) is 18.4. The van der Waals surface area contributed by atoms with Gasteiger partial charge in [-0.05, 0) is 44.2 Å². The number of amides is 1. The molecule has 1 aliphatic carbocycles. The summed E-state index contributed by atoms with van der Waals surface area (Å²) in [6.07, 6.45) is 7.50. The minimum Gasteiger partial charge on any atom is -0.489 e. The highest BCUT2D eigenvalue weighted by Crippen LogP contribution is 2.29. The largest absolute Gasteiger partial charge is 0.489 e.